The van der Waals surface area contributed by atoms with E-state index in [4.69, 9.17) is 0 Å². The van der Waals surface area contributed by atoms with E-state index in [2.05, 4.69) is 38.1 Å². The van der Waals surface area contributed by atoms with Crippen molar-refractivity contribution in [3.63, 3.8) is 0 Å². The fraction of sp³-hybridized carbons (Fsp3) is 0.333. The molecule has 64 valence electrons. The molecule has 1 aromatic rings. The van der Waals surface area contributed by atoms with Gasteiger partial charge in [-0.2, -0.15) is 0 Å². The molecule has 0 N–H and O–H groups in total. The van der Waals surface area contributed by atoms with Crippen molar-refractivity contribution in [1.29, 1.82) is 0 Å². The van der Waals surface area contributed by atoms with Crippen LogP contribution in [0, 0.1) is 13.8 Å². The van der Waals surface area contributed by atoms with E-state index in [-0.39, 0.29) is 0 Å². The maximum absolute atomic E-state index is 3.83. The van der Waals surface area contributed by atoms with Gasteiger partial charge in [0.15, 0.2) is 0 Å². The van der Waals surface area contributed by atoms with Gasteiger partial charge in [-0.15, -0.1) is 0 Å². The Morgan fingerprint density at radius 1 is 0.750 bits per heavy atom. The smallest absolute Gasteiger partial charge is 0.0279 e. The SMILES string of the molecule is [CH2]CCc1ccc(CC[CH2])cc1. The summed E-state index contributed by atoms with van der Waals surface area (Å²) >= 11 is 0. The van der Waals surface area contributed by atoms with Gasteiger partial charge in [0, 0.05) is 0 Å². The summed E-state index contributed by atoms with van der Waals surface area (Å²) < 4.78 is 0. The summed E-state index contributed by atoms with van der Waals surface area (Å²) in [6, 6.07) is 8.76. The molecule has 0 saturated carbocycles. The largest absolute Gasteiger partial charge is 0.0588 e. The Bertz CT molecular complexity index is 183. The van der Waals surface area contributed by atoms with Gasteiger partial charge < -0.3 is 0 Å². The lowest BCUT2D eigenvalue weighted by Gasteiger charge is -2.00. The third-order valence-corrected chi connectivity index (χ3v) is 1.95. The molecule has 0 aliphatic heterocycles. The van der Waals surface area contributed by atoms with Crippen LogP contribution in [0.1, 0.15) is 24.0 Å². The van der Waals surface area contributed by atoms with Crippen LogP contribution in [0.2, 0.25) is 0 Å². The first-order valence-corrected chi connectivity index (χ1v) is 4.53. The molecule has 0 heterocycles. The van der Waals surface area contributed by atoms with Crippen molar-refractivity contribution >= 4 is 0 Å². The Morgan fingerprint density at radius 3 is 1.33 bits per heavy atom. The minimum absolute atomic E-state index is 0.981. The molecule has 2 radical (unpaired) electrons. The third-order valence-electron chi connectivity index (χ3n) is 1.95. The predicted octanol–water partition coefficient (Wildman–Crippen LogP) is 3.22. The molecule has 0 fully saturated rings. The van der Waals surface area contributed by atoms with Gasteiger partial charge in [-0.3, -0.25) is 0 Å². The summed E-state index contributed by atoms with van der Waals surface area (Å²) in [5.74, 6) is 0. The maximum Gasteiger partial charge on any atom is -0.0279 e. The van der Waals surface area contributed by atoms with Crippen LogP contribution >= 0.6 is 0 Å². The van der Waals surface area contributed by atoms with E-state index in [9.17, 15) is 0 Å². The summed E-state index contributed by atoms with van der Waals surface area (Å²) in [4.78, 5) is 0. The third kappa shape index (κ3) is 2.69. The van der Waals surface area contributed by atoms with E-state index < -0.39 is 0 Å². The number of hydrogen-bond acceptors (Lipinski definition) is 0. The summed E-state index contributed by atoms with van der Waals surface area (Å²) in [5, 5.41) is 0. The molecular formula is C12H16. The number of hydrogen-bond donors (Lipinski definition) is 0. The lowest BCUT2D eigenvalue weighted by molar-refractivity contribution is 0.975. The Hall–Kier alpha value is -0.780. The average molecular weight is 160 g/mol. The molecule has 0 aliphatic carbocycles. The first-order chi connectivity index (χ1) is 5.86. The van der Waals surface area contributed by atoms with Crippen molar-refractivity contribution in [3.05, 3.63) is 49.2 Å². The Morgan fingerprint density at radius 2 is 1.08 bits per heavy atom. The van der Waals surface area contributed by atoms with Crippen molar-refractivity contribution in [2.24, 2.45) is 0 Å². The van der Waals surface area contributed by atoms with Gasteiger partial charge in [0.2, 0.25) is 0 Å². The van der Waals surface area contributed by atoms with E-state index in [1.165, 1.54) is 11.1 Å². The van der Waals surface area contributed by atoms with Gasteiger partial charge in [-0.05, 0) is 36.8 Å². The second-order valence-corrected chi connectivity index (χ2v) is 3.02. The van der Waals surface area contributed by atoms with E-state index in [1.54, 1.807) is 0 Å². The van der Waals surface area contributed by atoms with Crippen LogP contribution in [-0.2, 0) is 12.8 Å². The molecule has 0 spiro atoms. The van der Waals surface area contributed by atoms with Crippen LogP contribution in [-0.4, -0.2) is 0 Å². The second-order valence-electron chi connectivity index (χ2n) is 3.02. The van der Waals surface area contributed by atoms with Gasteiger partial charge >= 0.3 is 0 Å². The molecule has 0 heteroatoms. The van der Waals surface area contributed by atoms with Crippen LogP contribution in [0.15, 0.2) is 24.3 Å². The van der Waals surface area contributed by atoms with Crippen LogP contribution in [0.3, 0.4) is 0 Å². The summed E-state index contributed by atoms with van der Waals surface area (Å²) in [6.07, 6.45) is 4.14. The normalized spacial score (nSPS) is 10.2. The van der Waals surface area contributed by atoms with Crippen molar-refractivity contribution in [2.45, 2.75) is 25.7 Å². The minimum Gasteiger partial charge on any atom is -0.0588 e. The molecule has 0 aliphatic rings. The van der Waals surface area contributed by atoms with Gasteiger partial charge in [-0.1, -0.05) is 38.1 Å². The maximum atomic E-state index is 3.83. The predicted molar refractivity (Wildman–Crippen MR) is 53.8 cm³/mol. The van der Waals surface area contributed by atoms with E-state index in [0.29, 0.717) is 0 Å². The van der Waals surface area contributed by atoms with Gasteiger partial charge in [0.1, 0.15) is 0 Å². The standard InChI is InChI=1S/C12H16/c1-3-5-11-7-9-12(6-4-2)10-8-11/h7-10H,1-6H2. The highest BCUT2D eigenvalue weighted by molar-refractivity contribution is 5.22. The zero-order valence-corrected chi connectivity index (χ0v) is 7.55. The van der Waals surface area contributed by atoms with Crippen LogP contribution in [0.4, 0.5) is 0 Å². The monoisotopic (exact) mass is 160 g/mol. The fourth-order valence-corrected chi connectivity index (χ4v) is 1.28. The number of aryl methyl sites for hydroxylation is 2. The van der Waals surface area contributed by atoms with E-state index >= 15 is 0 Å². The lowest BCUT2D eigenvalue weighted by atomic mass is 10.1. The number of benzene rings is 1. The highest BCUT2D eigenvalue weighted by Gasteiger charge is 1.92. The highest BCUT2D eigenvalue weighted by Crippen LogP contribution is 2.07. The van der Waals surface area contributed by atoms with E-state index in [1.807, 2.05) is 0 Å². The molecule has 12 heavy (non-hydrogen) atoms. The Balaban J connectivity index is 2.58. The zero-order chi connectivity index (χ0) is 8.81. The fourth-order valence-electron chi connectivity index (χ4n) is 1.28. The Labute approximate surface area is 75.6 Å². The minimum atomic E-state index is 0.981. The van der Waals surface area contributed by atoms with Gasteiger partial charge in [0.05, 0.1) is 0 Å². The van der Waals surface area contributed by atoms with Gasteiger partial charge in [-0.25, -0.2) is 0 Å². The van der Waals surface area contributed by atoms with Crippen LogP contribution < -0.4 is 0 Å². The van der Waals surface area contributed by atoms with Gasteiger partial charge in [0.25, 0.3) is 0 Å². The summed E-state index contributed by atoms with van der Waals surface area (Å²) in [5.41, 5.74) is 2.77. The summed E-state index contributed by atoms with van der Waals surface area (Å²) in [7, 11) is 0. The molecular weight excluding hydrogens is 144 g/mol. The van der Waals surface area contributed by atoms with Crippen molar-refractivity contribution in [1.82, 2.24) is 0 Å². The first-order valence-electron chi connectivity index (χ1n) is 4.53. The molecule has 0 atom stereocenters. The van der Waals surface area contributed by atoms with Crippen LogP contribution in [0.5, 0.6) is 0 Å². The summed E-state index contributed by atoms with van der Waals surface area (Å²) in [6.45, 7) is 7.66. The van der Waals surface area contributed by atoms with Crippen molar-refractivity contribution in [2.75, 3.05) is 0 Å². The molecule has 0 unspecified atom stereocenters. The topological polar surface area (TPSA) is 0 Å². The molecule has 0 saturated heterocycles. The average Bonchev–Trinajstić information content (AvgIpc) is 2.09. The van der Waals surface area contributed by atoms with Crippen molar-refractivity contribution in [3.8, 4) is 0 Å². The molecule has 1 rings (SSSR count). The number of rotatable bonds is 4. The molecule has 0 bridgehead atoms. The first kappa shape index (κ1) is 9.31. The van der Waals surface area contributed by atoms with Crippen LogP contribution in [0.25, 0.3) is 0 Å². The highest BCUT2D eigenvalue weighted by atomic mass is 14.0. The molecule has 0 aromatic heterocycles. The molecule has 0 nitrogen and oxygen atoms in total. The molecule has 1 aromatic carbocycles. The van der Waals surface area contributed by atoms with Crippen molar-refractivity contribution < 1.29 is 0 Å². The second kappa shape index (κ2) is 4.97. The Kier molecular flexibility index (Phi) is 3.86. The quantitative estimate of drug-likeness (QED) is 0.634. The lowest BCUT2D eigenvalue weighted by Crippen LogP contribution is -1.86. The molecule has 0 amide bonds. The zero-order valence-electron chi connectivity index (χ0n) is 7.55. The van der Waals surface area contributed by atoms with E-state index in [0.717, 1.165) is 25.7 Å².